The van der Waals surface area contributed by atoms with E-state index in [1.165, 1.54) is 0 Å². The standard InChI is InChI=1S/C14H23N3O/c1-4-11(2)16-14(18)10-17(3)9-12-5-7-13(15)8-6-12/h5-8,11H,4,9-10,15H2,1-3H3,(H,16,18). The van der Waals surface area contributed by atoms with Gasteiger partial charge in [-0.2, -0.15) is 0 Å². The lowest BCUT2D eigenvalue weighted by atomic mass is 10.2. The van der Waals surface area contributed by atoms with Crippen molar-refractivity contribution in [2.24, 2.45) is 0 Å². The maximum atomic E-state index is 11.7. The molecule has 0 radical (unpaired) electrons. The Morgan fingerprint density at radius 2 is 2.00 bits per heavy atom. The highest BCUT2D eigenvalue weighted by Crippen LogP contribution is 2.07. The van der Waals surface area contributed by atoms with E-state index in [-0.39, 0.29) is 11.9 Å². The van der Waals surface area contributed by atoms with Crippen LogP contribution in [0, 0.1) is 0 Å². The van der Waals surface area contributed by atoms with Gasteiger partial charge in [0.05, 0.1) is 6.54 Å². The number of carbonyl (C=O) groups excluding carboxylic acids is 1. The monoisotopic (exact) mass is 249 g/mol. The largest absolute Gasteiger partial charge is 0.399 e. The molecule has 1 aromatic rings. The van der Waals surface area contributed by atoms with E-state index in [1.54, 1.807) is 0 Å². The number of hydrogen-bond donors (Lipinski definition) is 2. The number of nitrogen functional groups attached to an aromatic ring is 1. The van der Waals surface area contributed by atoms with Crippen LogP contribution in [0.25, 0.3) is 0 Å². The van der Waals surface area contributed by atoms with Crippen molar-refractivity contribution in [3.05, 3.63) is 29.8 Å². The first-order valence-corrected chi connectivity index (χ1v) is 6.33. The van der Waals surface area contributed by atoms with Crippen molar-refractivity contribution in [1.82, 2.24) is 10.2 Å². The summed E-state index contributed by atoms with van der Waals surface area (Å²) in [6.45, 7) is 5.23. The number of amides is 1. The third kappa shape index (κ3) is 5.19. The molecular formula is C14H23N3O. The number of rotatable bonds is 6. The summed E-state index contributed by atoms with van der Waals surface area (Å²) in [4.78, 5) is 13.7. The lowest BCUT2D eigenvalue weighted by Crippen LogP contribution is -2.39. The highest BCUT2D eigenvalue weighted by Gasteiger charge is 2.09. The first-order chi connectivity index (χ1) is 8.51. The van der Waals surface area contributed by atoms with E-state index in [0.717, 1.165) is 24.2 Å². The van der Waals surface area contributed by atoms with Gasteiger partial charge in [-0.15, -0.1) is 0 Å². The molecule has 1 unspecified atom stereocenters. The van der Waals surface area contributed by atoms with Crippen LogP contribution < -0.4 is 11.1 Å². The van der Waals surface area contributed by atoms with Crippen LogP contribution in [0.15, 0.2) is 24.3 Å². The molecule has 1 rings (SSSR count). The molecule has 0 bridgehead atoms. The van der Waals surface area contributed by atoms with Gasteiger partial charge < -0.3 is 11.1 Å². The van der Waals surface area contributed by atoms with Crippen LogP contribution in [0.3, 0.4) is 0 Å². The van der Waals surface area contributed by atoms with Crippen molar-refractivity contribution in [3.63, 3.8) is 0 Å². The van der Waals surface area contributed by atoms with Crippen LogP contribution in [0.4, 0.5) is 5.69 Å². The van der Waals surface area contributed by atoms with Gasteiger partial charge in [0, 0.05) is 18.3 Å². The van der Waals surface area contributed by atoms with Gasteiger partial charge in [-0.3, -0.25) is 9.69 Å². The molecule has 0 saturated carbocycles. The number of hydrogen-bond acceptors (Lipinski definition) is 3. The molecular weight excluding hydrogens is 226 g/mol. The number of nitrogens with zero attached hydrogens (tertiary/aromatic N) is 1. The second-order valence-electron chi connectivity index (χ2n) is 4.79. The van der Waals surface area contributed by atoms with E-state index in [1.807, 2.05) is 43.1 Å². The second-order valence-corrected chi connectivity index (χ2v) is 4.79. The molecule has 4 nitrogen and oxygen atoms in total. The molecule has 0 spiro atoms. The number of nitrogens with one attached hydrogen (secondary N) is 1. The smallest absolute Gasteiger partial charge is 0.234 e. The second kappa shape index (κ2) is 7.01. The van der Waals surface area contributed by atoms with Crippen molar-refractivity contribution < 1.29 is 4.79 Å². The molecule has 0 aliphatic rings. The van der Waals surface area contributed by atoms with Crippen LogP contribution in [-0.4, -0.2) is 30.4 Å². The summed E-state index contributed by atoms with van der Waals surface area (Å²) in [5, 5.41) is 2.95. The number of carbonyl (C=O) groups is 1. The van der Waals surface area contributed by atoms with Crippen LogP contribution in [0.1, 0.15) is 25.8 Å². The van der Waals surface area contributed by atoms with Crippen molar-refractivity contribution in [2.75, 3.05) is 19.3 Å². The van der Waals surface area contributed by atoms with Crippen molar-refractivity contribution in [2.45, 2.75) is 32.9 Å². The molecule has 0 aliphatic carbocycles. The van der Waals surface area contributed by atoms with Gasteiger partial charge in [0.25, 0.3) is 0 Å². The van der Waals surface area contributed by atoms with Crippen molar-refractivity contribution >= 4 is 11.6 Å². The zero-order chi connectivity index (χ0) is 13.5. The quantitative estimate of drug-likeness (QED) is 0.753. The summed E-state index contributed by atoms with van der Waals surface area (Å²) in [7, 11) is 1.94. The zero-order valence-electron chi connectivity index (χ0n) is 11.4. The average Bonchev–Trinajstić information content (AvgIpc) is 2.31. The van der Waals surface area contributed by atoms with Crippen LogP contribution in [-0.2, 0) is 11.3 Å². The van der Waals surface area contributed by atoms with Crippen molar-refractivity contribution in [1.29, 1.82) is 0 Å². The lowest BCUT2D eigenvalue weighted by molar-refractivity contribution is -0.122. The fourth-order valence-electron chi connectivity index (χ4n) is 1.66. The number of benzene rings is 1. The molecule has 4 heteroatoms. The molecule has 100 valence electrons. The number of anilines is 1. The molecule has 3 N–H and O–H groups in total. The predicted octanol–water partition coefficient (Wildman–Crippen LogP) is 1.62. The minimum atomic E-state index is 0.0716. The Morgan fingerprint density at radius 3 is 2.56 bits per heavy atom. The van der Waals surface area contributed by atoms with Crippen molar-refractivity contribution in [3.8, 4) is 0 Å². The summed E-state index contributed by atoms with van der Waals surface area (Å²) in [6, 6.07) is 7.96. The van der Waals surface area contributed by atoms with Gasteiger partial charge >= 0.3 is 0 Å². The van der Waals surface area contributed by atoms with Gasteiger partial charge in [0.15, 0.2) is 0 Å². The maximum Gasteiger partial charge on any atom is 0.234 e. The minimum absolute atomic E-state index is 0.0716. The highest BCUT2D eigenvalue weighted by atomic mass is 16.2. The summed E-state index contributed by atoms with van der Waals surface area (Å²) in [5.41, 5.74) is 7.55. The summed E-state index contributed by atoms with van der Waals surface area (Å²) in [6.07, 6.45) is 0.952. The van der Waals surface area contributed by atoms with Crippen LogP contribution >= 0.6 is 0 Å². The van der Waals surface area contributed by atoms with E-state index in [4.69, 9.17) is 5.73 Å². The molecule has 18 heavy (non-hydrogen) atoms. The predicted molar refractivity (Wildman–Crippen MR) is 75.1 cm³/mol. The Bertz CT molecular complexity index is 375. The Hall–Kier alpha value is -1.55. The maximum absolute atomic E-state index is 11.7. The van der Waals surface area contributed by atoms with Gasteiger partial charge in [0.1, 0.15) is 0 Å². The molecule has 0 heterocycles. The van der Waals surface area contributed by atoms with Crippen LogP contribution in [0.2, 0.25) is 0 Å². The van der Waals surface area contributed by atoms with Gasteiger partial charge in [-0.25, -0.2) is 0 Å². The number of nitrogens with two attached hydrogens (primary N) is 1. The molecule has 1 atom stereocenters. The molecule has 0 fully saturated rings. The van der Waals surface area contributed by atoms with Gasteiger partial charge in [-0.1, -0.05) is 19.1 Å². The normalized spacial score (nSPS) is 12.4. The lowest BCUT2D eigenvalue weighted by Gasteiger charge is -2.18. The molecule has 1 amide bonds. The summed E-state index contributed by atoms with van der Waals surface area (Å²) >= 11 is 0. The molecule has 1 aromatic carbocycles. The molecule has 0 saturated heterocycles. The van der Waals surface area contributed by atoms with E-state index in [9.17, 15) is 4.79 Å². The summed E-state index contributed by atoms with van der Waals surface area (Å²) < 4.78 is 0. The highest BCUT2D eigenvalue weighted by molar-refractivity contribution is 5.78. The molecule has 0 aromatic heterocycles. The Labute approximate surface area is 109 Å². The SMILES string of the molecule is CCC(C)NC(=O)CN(C)Cc1ccc(N)cc1. The van der Waals surface area contributed by atoms with E-state index in [2.05, 4.69) is 12.2 Å². The topological polar surface area (TPSA) is 58.4 Å². The Morgan fingerprint density at radius 1 is 1.39 bits per heavy atom. The third-order valence-electron chi connectivity index (χ3n) is 2.87. The first-order valence-electron chi connectivity index (χ1n) is 6.33. The third-order valence-corrected chi connectivity index (χ3v) is 2.87. The van der Waals surface area contributed by atoms with Gasteiger partial charge in [0.2, 0.25) is 5.91 Å². The van der Waals surface area contributed by atoms with E-state index in [0.29, 0.717) is 6.54 Å². The molecule has 0 aliphatic heterocycles. The summed E-state index contributed by atoms with van der Waals surface area (Å²) in [5.74, 6) is 0.0716. The van der Waals surface area contributed by atoms with E-state index >= 15 is 0 Å². The van der Waals surface area contributed by atoms with Crippen LogP contribution in [0.5, 0.6) is 0 Å². The minimum Gasteiger partial charge on any atom is -0.399 e. The van der Waals surface area contributed by atoms with E-state index < -0.39 is 0 Å². The number of likely N-dealkylation sites (N-methyl/N-ethyl adjacent to an activating group) is 1. The average molecular weight is 249 g/mol. The van der Waals surface area contributed by atoms with Gasteiger partial charge in [-0.05, 0) is 38.1 Å². The Kier molecular flexibility index (Phi) is 5.65. The zero-order valence-corrected chi connectivity index (χ0v) is 11.4. The fraction of sp³-hybridized carbons (Fsp3) is 0.500. The first kappa shape index (κ1) is 14.5. The Balaban J connectivity index is 2.39. The fourth-order valence-corrected chi connectivity index (χ4v) is 1.66.